The first-order chi connectivity index (χ1) is 17.6. The van der Waals surface area contributed by atoms with Crippen LogP contribution in [0, 0.1) is 5.92 Å². The van der Waals surface area contributed by atoms with Gasteiger partial charge in [0.05, 0.1) is 12.6 Å². The lowest BCUT2D eigenvalue weighted by molar-refractivity contribution is -0.129. The molecule has 4 rings (SSSR count). The summed E-state index contributed by atoms with van der Waals surface area (Å²) < 4.78 is 28.5. The molecule has 0 unspecified atom stereocenters. The van der Waals surface area contributed by atoms with E-state index in [4.69, 9.17) is 0 Å². The van der Waals surface area contributed by atoms with Crippen molar-refractivity contribution in [2.24, 2.45) is 13.0 Å². The molecule has 2 atom stereocenters. The monoisotopic (exact) mass is 545 g/mol. The molecule has 0 spiro atoms. The number of carbonyl (C=O) groups is 3. The molecule has 1 saturated heterocycles. The Morgan fingerprint density at radius 1 is 1.24 bits per heavy atom. The Kier molecular flexibility index (Phi) is 8.10. The number of aromatic nitrogens is 2. The molecule has 37 heavy (non-hydrogen) atoms. The first-order valence-corrected chi connectivity index (χ1v) is 14.5. The first-order valence-electron chi connectivity index (χ1n) is 12.2. The van der Waals surface area contributed by atoms with Gasteiger partial charge in [-0.25, -0.2) is 13.4 Å². The van der Waals surface area contributed by atoms with Crippen LogP contribution in [0.5, 0.6) is 0 Å². The van der Waals surface area contributed by atoms with Crippen molar-refractivity contribution < 1.29 is 22.8 Å². The van der Waals surface area contributed by atoms with Crippen LogP contribution in [0.15, 0.2) is 46.2 Å². The number of rotatable bonds is 8. The number of benzene rings is 1. The van der Waals surface area contributed by atoms with Gasteiger partial charge in [0.25, 0.3) is 15.9 Å². The number of ketones is 1. The SMILES string of the molecule is CC(C)C[C@H](NC(=O)c1cc2ccccc2n1C)C(=O)N[C@H]1CCCN(S(=O)(=O)c2nccs2)CC1=O. The van der Waals surface area contributed by atoms with E-state index in [0.29, 0.717) is 25.0 Å². The minimum absolute atomic E-state index is 0.0594. The largest absolute Gasteiger partial charge is 0.344 e. The average Bonchev–Trinajstić information content (AvgIpc) is 3.47. The van der Waals surface area contributed by atoms with Crippen LogP contribution in [-0.2, 0) is 26.7 Å². The number of Topliss-reactive ketones (excluding diaryl/α,β-unsaturated/α-hetero) is 1. The van der Waals surface area contributed by atoms with Crippen molar-refractivity contribution in [3.05, 3.63) is 47.6 Å². The standard InChI is InChI=1S/C25H31N5O5S2/c1-16(2)13-19(28-24(33)21-14-17-7-4-5-9-20(17)29(21)3)23(32)27-18-8-6-11-30(15-22(18)31)37(34,35)25-26-10-12-36-25/h4-5,7,9-10,12,14,16,18-19H,6,8,11,13,15H2,1-3H3,(H,27,32)(H,28,33)/t18-,19-/m0/s1. The summed E-state index contributed by atoms with van der Waals surface area (Å²) in [4.78, 5) is 43.3. The van der Waals surface area contributed by atoms with Gasteiger partial charge in [0.2, 0.25) is 10.2 Å². The smallest absolute Gasteiger partial charge is 0.270 e. The predicted molar refractivity (Wildman–Crippen MR) is 141 cm³/mol. The fourth-order valence-corrected chi connectivity index (χ4v) is 6.93. The molecule has 3 heterocycles. The van der Waals surface area contributed by atoms with Crippen molar-refractivity contribution >= 4 is 49.9 Å². The van der Waals surface area contributed by atoms with E-state index in [-0.39, 0.29) is 29.3 Å². The number of thiazole rings is 1. The predicted octanol–water partition coefficient (Wildman–Crippen LogP) is 2.32. The molecule has 1 aromatic carbocycles. The highest BCUT2D eigenvalue weighted by Gasteiger charge is 2.35. The van der Waals surface area contributed by atoms with E-state index in [1.807, 2.05) is 38.1 Å². The van der Waals surface area contributed by atoms with Crippen LogP contribution in [-0.4, -0.2) is 65.0 Å². The third-order valence-electron chi connectivity index (χ3n) is 6.42. The van der Waals surface area contributed by atoms with Gasteiger partial charge in [-0.05, 0) is 37.3 Å². The van der Waals surface area contributed by atoms with Crippen LogP contribution in [0.3, 0.4) is 0 Å². The van der Waals surface area contributed by atoms with E-state index in [1.165, 1.54) is 6.20 Å². The normalized spacial score (nSPS) is 18.1. The van der Waals surface area contributed by atoms with Gasteiger partial charge in [-0.2, -0.15) is 4.31 Å². The average molecular weight is 546 g/mol. The molecule has 10 nitrogen and oxygen atoms in total. The Morgan fingerprint density at radius 2 is 2.00 bits per heavy atom. The Labute approximate surface area is 220 Å². The zero-order valence-corrected chi connectivity index (χ0v) is 22.6. The van der Waals surface area contributed by atoms with Crippen molar-refractivity contribution in [3.63, 3.8) is 0 Å². The highest BCUT2D eigenvalue weighted by molar-refractivity contribution is 7.91. The van der Waals surface area contributed by atoms with E-state index in [9.17, 15) is 22.8 Å². The molecule has 12 heteroatoms. The second-order valence-corrected chi connectivity index (χ2v) is 12.6. The fourth-order valence-electron chi connectivity index (χ4n) is 4.52. The maximum Gasteiger partial charge on any atom is 0.270 e. The number of carbonyl (C=O) groups excluding carboxylic acids is 3. The summed E-state index contributed by atoms with van der Waals surface area (Å²) in [7, 11) is -2.08. The van der Waals surface area contributed by atoms with Gasteiger partial charge in [-0.1, -0.05) is 32.0 Å². The lowest BCUT2D eigenvalue weighted by Gasteiger charge is -2.23. The van der Waals surface area contributed by atoms with E-state index in [2.05, 4.69) is 15.6 Å². The van der Waals surface area contributed by atoms with E-state index in [1.54, 1.807) is 23.1 Å². The molecule has 198 valence electrons. The van der Waals surface area contributed by atoms with Gasteiger partial charge in [-0.15, -0.1) is 11.3 Å². The molecule has 2 aromatic heterocycles. The van der Waals surface area contributed by atoms with Crippen molar-refractivity contribution in [1.29, 1.82) is 0 Å². The van der Waals surface area contributed by atoms with Crippen LogP contribution in [0.4, 0.5) is 0 Å². The zero-order valence-electron chi connectivity index (χ0n) is 21.0. The molecule has 0 radical (unpaired) electrons. The van der Waals surface area contributed by atoms with Gasteiger partial charge < -0.3 is 15.2 Å². The number of hydrogen-bond donors (Lipinski definition) is 2. The van der Waals surface area contributed by atoms with Gasteiger partial charge in [0.15, 0.2) is 5.78 Å². The molecular formula is C25H31N5O5S2. The minimum Gasteiger partial charge on any atom is -0.344 e. The van der Waals surface area contributed by atoms with Crippen molar-refractivity contribution in [2.45, 2.75) is 49.5 Å². The van der Waals surface area contributed by atoms with Crippen LogP contribution >= 0.6 is 11.3 Å². The van der Waals surface area contributed by atoms with Crippen LogP contribution in [0.2, 0.25) is 0 Å². The van der Waals surface area contributed by atoms with Crippen molar-refractivity contribution in [3.8, 4) is 0 Å². The van der Waals surface area contributed by atoms with E-state index < -0.39 is 33.8 Å². The van der Waals surface area contributed by atoms with Crippen LogP contribution < -0.4 is 10.6 Å². The van der Waals surface area contributed by atoms with Crippen LogP contribution in [0.25, 0.3) is 10.9 Å². The molecule has 2 amide bonds. The number of amides is 2. The second kappa shape index (κ2) is 11.1. The molecule has 0 aliphatic carbocycles. The van der Waals surface area contributed by atoms with Crippen molar-refractivity contribution in [1.82, 2.24) is 24.5 Å². The Hall–Kier alpha value is -3.09. The summed E-state index contributed by atoms with van der Waals surface area (Å²) in [5.74, 6) is -1.13. The van der Waals surface area contributed by atoms with Gasteiger partial charge in [0, 0.05) is 36.1 Å². The third kappa shape index (κ3) is 5.91. The number of para-hydroxylation sites is 1. The fraction of sp³-hybridized carbons (Fsp3) is 0.440. The number of hydrogen-bond acceptors (Lipinski definition) is 7. The van der Waals surface area contributed by atoms with Gasteiger partial charge >= 0.3 is 0 Å². The summed E-state index contributed by atoms with van der Waals surface area (Å²) in [5.41, 5.74) is 1.33. The zero-order chi connectivity index (χ0) is 26.7. The maximum atomic E-state index is 13.3. The highest BCUT2D eigenvalue weighted by Crippen LogP contribution is 2.22. The number of sulfonamides is 1. The lowest BCUT2D eigenvalue weighted by atomic mass is 10.0. The summed E-state index contributed by atoms with van der Waals surface area (Å²) in [6.07, 6.45) is 2.49. The number of nitrogens with zero attached hydrogens (tertiary/aromatic N) is 3. The number of aryl methyl sites for hydroxylation is 1. The molecular weight excluding hydrogens is 514 g/mol. The molecule has 0 bridgehead atoms. The highest BCUT2D eigenvalue weighted by atomic mass is 32.2. The summed E-state index contributed by atoms with van der Waals surface area (Å²) in [5, 5.41) is 8.10. The first kappa shape index (κ1) is 27.0. The molecule has 1 aliphatic rings. The maximum absolute atomic E-state index is 13.3. The van der Waals surface area contributed by atoms with Crippen LogP contribution in [0.1, 0.15) is 43.6 Å². The Morgan fingerprint density at radius 3 is 2.68 bits per heavy atom. The summed E-state index contributed by atoms with van der Waals surface area (Å²) in [6, 6.07) is 7.71. The quantitative estimate of drug-likeness (QED) is 0.447. The van der Waals surface area contributed by atoms with E-state index >= 15 is 0 Å². The minimum atomic E-state index is -3.87. The molecule has 1 aliphatic heterocycles. The molecule has 3 aromatic rings. The summed E-state index contributed by atoms with van der Waals surface area (Å²) >= 11 is 0.995. The van der Waals surface area contributed by atoms with E-state index in [0.717, 1.165) is 26.5 Å². The summed E-state index contributed by atoms with van der Waals surface area (Å²) in [6.45, 7) is 3.71. The lowest BCUT2D eigenvalue weighted by Crippen LogP contribution is -2.52. The van der Waals surface area contributed by atoms with Gasteiger partial charge in [-0.3, -0.25) is 14.4 Å². The molecule has 2 N–H and O–H groups in total. The number of nitrogens with one attached hydrogen (secondary N) is 2. The third-order valence-corrected chi connectivity index (χ3v) is 9.44. The second-order valence-electron chi connectivity index (χ2n) is 9.61. The van der Waals surface area contributed by atoms with Gasteiger partial charge in [0.1, 0.15) is 11.7 Å². The van der Waals surface area contributed by atoms with Crippen molar-refractivity contribution in [2.75, 3.05) is 13.1 Å². The Balaban J connectivity index is 1.46. The molecule has 1 fully saturated rings. The molecule has 0 saturated carbocycles. The number of fused-ring (bicyclic) bond motifs is 1. The topological polar surface area (TPSA) is 130 Å². The Bertz CT molecular complexity index is 1400.